The van der Waals surface area contributed by atoms with Crippen LogP contribution in [0.5, 0.6) is 0 Å². The van der Waals surface area contributed by atoms with Crippen LogP contribution in [-0.2, 0) is 14.3 Å². The second kappa shape index (κ2) is 11.6. The fourth-order valence-electron chi connectivity index (χ4n) is 5.92. The first kappa shape index (κ1) is 28.6. The Balaban J connectivity index is 1.39. The van der Waals surface area contributed by atoms with E-state index in [1.165, 1.54) is 23.5 Å². The van der Waals surface area contributed by atoms with Gasteiger partial charge in [0, 0.05) is 55.6 Å². The number of carboxylic acids is 1. The minimum Gasteiger partial charge on any atom is -0.480 e. The Kier molecular flexibility index (Phi) is 7.90. The van der Waals surface area contributed by atoms with Crippen molar-refractivity contribution in [2.75, 3.05) is 39.3 Å². The van der Waals surface area contributed by atoms with E-state index in [2.05, 4.69) is 10.3 Å². The van der Waals surface area contributed by atoms with Crippen molar-refractivity contribution in [1.29, 1.82) is 0 Å². The molecule has 4 aliphatic rings. The lowest BCUT2D eigenvalue weighted by atomic mass is 9.94. The maximum absolute atomic E-state index is 14.6. The molecule has 222 valence electrons. The molecule has 2 aromatic rings. The van der Waals surface area contributed by atoms with Crippen molar-refractivity contribution in [3.63, 3.8) is 0 Å². The Hall–Kier alpha value is -3.55. The summed E-state index contributed by atoms with van der Waals surface area (Å²) in [5, 5.41) is 15.7. The van der Waals surface area contributed by atoms with E-state index >= 15 is 0 Å². The normalized spacial score (nSPS) is 24.4. The zero-order chi connectivity index (χ0) is 29.5. The molecule has 42 heavy (non-hydrogen) atoms. The van der Waals surface area contributed by atoms with Crippen molar-refractivity contribution in [3.05, 3.63) is 62.5 Å². The number of carbonyl (C=O) groups is 3. The molecule has 2 saturated heterocycles. The van der Waals surface area contributed by atoms with Crippen LogP contribution >= 0.6 is 22.9 Å². The number of halogens is 2. The molecule has 1 aliphatic carbocycles. The Morgan fingerprint density at radius 1 is 1.29 bits per heavy atom. The topological polar surface area (TPSA) is 128 Å². The van der Waals surface area contributed by atoms with Gasteiger partial charge in [-0.2, -0.15) is 0 Å². The van der Waals surface area contributed by atoms with Crippen LogP contribution < -0.4 is 5.32 Å². The van der Waals surface area contributed by atoms with Gasteiger partial charge in [-0.3, -0.25) is 14.7 Å². The summed E-state index contributed by atoms with van der Waals surface area (Å²) in [6.45, 7) is 3.36. The van der Waals surface area contributed by atoms with Gasteiger partial charge < -0.3 is 25.0 Å². The Bertz CT molecular complexity index is 1460. The maximum atomic E-state index is 14.6. The number of amides is 2. The number of carbonyl (C=O) groups excluding carboxylic acids is 2. The molecule has 2 N–H and O–H groups in total. The number of hydrogen-bond donors (Lipinski definition) is 2. The van der Waals surface area contributed by atoms with Gasteiger partial charge in [0.15, 0.2) is 10.8 Å². The lowest BCUT2D eigenvalue weighted by molar-refractivity contribution is -0.147. The Morgan fingerprint density at radius 3 is 2.79 bits per heavy atom. The average Bonchev–Trinajstić information content (AvgIpc) is 3.49. The van der Waals surface area contributed by atoms with Crippen LogP contribution in [0.4, 0.5) is 9.18 Å². The van der Waals surface area contributed by atoms with Crippen molar-refractivity contribution in [2.24, 2.45) is 10.9 Å². The van der Waals surface area contributed by atoms with Crippen LogP contribution in [0.25, 0.3) is 0 Å². The quantitative estimate of drug-likeness (QED) is 0.412. The van der Waals surface area contributed by atoms with E-state index in [0.29, 0.717) is 42.1 Å². The number of fused-ring (bicyclic) bond motifs is 1. The molecule has 0 spiro atoms. The molecular formula is C28H30ClFN6O5S. The van der Waals surface area contributed by atoms with Gasteiger partial charge in [-0.15, -0.1) is 11.3 Å². The number of benzene rings is 1. The molecule has 0 unspecified atom stereocenters. The highest BCUT2D eigenvalue weighted by Crippen LogP contribution is 2.38. The molecule has 14 heteroatoms. The molecule has 11 nitrogen and oxygen atoms in total. The number of ether oxygens (including phenoxy) is 1. The fraction of sp³-hybridized carbons (Fsp3) is 0.464. The van der Waals surface area contributed by atoms with Crippen molar-refractivity contribution in [3.8, 4) is 0 Å². The second-order valence-electron chi connectivity index (χ2n) is 10.7. The maximum Gasteiger partial charge on any atom is 0.338 e. The SMILES string of the molecule is CCOC(=O)C1=C(CN2CCN3C(=O)N(CC4CC4)C[C@H]3[C@@H]2C(=O)O)NC(c2nccs2)=N[C@H]1c1cccc(F)c1Cl. The summed E-state index contributed by atoms with van der Waals surface area (Å²) in [4.78, 5) is 53.6. The van der Waals surface area contributed by atoms with E-state index in [1.807, 2.05) is 0 Å². The number of aliphatic carboxylic acids is 1. The molecule has 3 fully saturated rings. The highest BCUT2D eigenvalue weighted by Gasteiger charge is 2.50. The van der Waals surface area contributed by atoms with E-state index in [0.717, 1.165) is 12.8 Å². The molecule has 1 aromatic heterocycles. The van der Waals surface area contributed by atoms with E-state index in [1.54, 1.807) is 39.3 Å². The van der Waals surface area contributed by atoms with Gasteiger partial charge in [-0.1, -0.05) is 23.7 Å². The summed E-state index contributed by atoms with van der Waals surface area (Å²) < 4.78 is 20.0. The summed E-state index contributed by atoms with van der Waals surface area (Å²) in [7, 11) is 0. The highest BCUT2D eigenvalue weighted by molar-refractivity contribution is 7.11. The van der Waals surface area contributed by atoms with Crippen LogP contribution in [0.1, 0.15) is 36.4 Å². The lowest BCUT2D eigenvalue weighted by Crippen LogP contribution is -2.62. The minimum atomic E-state index is -1.06. The number of thiazole rings is 1. The van der Waals surface area contributed by atoms with Crippen LogP contribution in [0, 0.1) is 11.7 Å². The van der Waals surface area contributed by atoms with Gasteiger partial charge in [-0.25, -0.2) is 19.0 Å². The Labute approximate surface area is 250 Å². The van der Waals surface area contributed by atoms with Gasteiger partial charge in [0.05, 0.1) is 23.2 Å². The largest absolute Gasteiger partial charge is 0.480 e. The van der Waals surface area contributed by atoms with Crippen molar-refractivity contribution in [1.82, 2.24) is 25.0 Å². The molecule has 2 amide bonds. The molecular weight excluding hydrogens is 587 g/mol. The minimum absolute atomic E-state index is 0.0140. The summed E-state index contributed by atoms with van der Waals surface area (Å²) in [6, 6.07) is 1.59. The van der Waals surface area contributed by atoms with E-state index in [-0.39, 0.29) is 41.9 Å². The third kappa shape index (κ3) is 5.36. The zero-order valence-electron chi connectivity index (χ0n) is 22.8. The van der Waals surface area contributed by atoms with Crippen molar-refractivity contribution < 1.29 is 28.6 Å². The molecule has 1 aromatic carbocycles. The standard InChI is InChI=1S/C28H30ClFN6O5S/c1-2-41-27(39)20-18(32-24(25-31-8-11-42-25)33-22(20)16-4-3-5-17(30)21(16)29)13-34-9-10-36-19(23(34)26(37)38)14-35(28(36)40)12-15-6-7-15/h3-5,8,11,15,19,22-23H,2,6-7,9-10,12-14H2,1H3,(H,32,33)(H,37,38)/t19-,22-,23+/m0/s1. The first-order valence-electron chi connectivity index (χ1n) is 13.9. The van der Waals surface area contributed by atoms with Gasteiger partial charge in [0.25, 0.3) is 0 Å². The van der Waals surface area contributed by atoms with Gasteiger partial charge >= 0.3 is 18.0 Å². The van der Waals surface area contributed by atoms with Crippen LogP contribution in [0.2, 0.25) is 5.02 Å². The number of rotatable bonds is 9. The second-order valence-corrected chi connectivity index (χ2v) is 12.0. The number of urea groups is 1. The summed E-state index contributed by atoms with van der Waals surface area (Å²) in [5.74, 6) is -1.57. The predicted octanol–water partition coefficient (Wildman–Crippen LogP) is 3.13. The molecule has 4 heterocycles. The van der Waals surface area contributed by atoms with E-state index < -0.39 is 35.9 Å². The van der Waals surface area contributed by atoms with Crippen LogP contribution in [0.15, 0.2) is 46.0 Å². The number of aliphatic imine (C=N–C) groups is 1. The molecule has 1 saturated carbocycles. The fourth-order valence-corrected chi connectivity index (χ4v) is 6.73. The molecule has 0 bridgehead atoms. The molecule has 6 rings (SSSR count). The monoisotopic (exact) mass is 616 g/mol. The highest BCUT2D eigenvalue weighted by atomic mass is 35.5. The smallest absolute Gasteiger partial charge is 0.338 e. The van der Waals surface area contributed by atoms with Gasteiger partial charge in [0.2, 0.25) is 0 Å². The van der Waals surface area contributed by atoms with Crippen LogP contribution in [-0.4, -0.2) is 100 Å². The van der Waals surface area contributed by atoms with Crippen molar-refractivity contribution >= 4 is 46.7 Å². The number of amidine groups is 1. The van der Waals surface area contributed by atoms with Gasteiger partial charge in [0.1, 0.15) is 17.9 Å². The number of nitrogens with one attached hydrogen (secondary N) is 1. The number of esters is 1. The van der Waals surface area contributed by atoms with E-state index in [9.17, 15) is 23.9 Å². The zero-order valence-corrected chi connectivity index (χ0v) is 24.4. The first-order valence-corrected chi connectivity index (χ1v) is 15.1. The molecule has 3 aliphatic heterocycles. The predicted molar refractivity (Wildman–Crippen MR) is 153 cm³/mol. The third-order valence-electron chi connectivity index (χ3n) is 8.03. The number of nitrogens with zero attached hydrogens (tertiary/aromatic N) is 5. The summed E-state index contributed by atoms with van der Waals surface area (Å²) in [5.41, 5.74) is 0.733. The third-order valence-corrected chi connectivity index (χ3v) is 9.21. The number of piperazine rings is 1. The van der Waals surface area contributed by atoms with E-state index in [4.69, 9.17) is 21.3 Å². The number of aromatic nitrogens is 1. The first-order chi connectivity index (χ1) is 20.3. The summed E-state index contributed by atoms with van der Waals surface area (Å²) in [6.07, 6.45) is 3.78. The lowest BCUT2D eigenvalue weighted by Gasteiger charge is -2.42. The number of hydrogen-bond acceptors (Lipinski definition) is 9. The van der Waals surface area contributed by atoms with Crippen molar-refractivity contribution in [2.45, 2.75) is 37.9 Å². The number of carboxylic acid groups (broad SMARTS) is 1. The average molecular weight is 617 g/mol. The van der Waals surface area contributed by atoms with Crippen LogP contribution in [0.3, 0.4) is 0 Å². The molecule has 3 atom stereocenters. The summed E-state index contributed by atoms with van der Waals surface area (Å²) >= 11 is 7.72. The Morgan fingerprint density at radius 2 is 2.10 bits per heavy atom. The molecule has 0 radical (unpaired) electrons. The van der Waals surface area contributed by atoms with Gasteiger partial charge in [-0.05, 0) is 31.7 Å².